The van der Waals surface area contributed by atoms with Crippen LogP contribution < -0.4 is 0 Å². The van der Waals surface area contributed by atoms with Crippen LogP contribution in [0.25, 0.3) is 0 Å². The maximum absolute atomic E-state index is 11.7. The van der Waals surface area contributed by atoms with Crippen LogP contribution in [0.3, 0.4) is 0 Å². The fraction of sp³-hybridized carbons (Fsp3) is 0.423. The summed E-state index contributed by atoms with van der Waals surface area (Å²) in [7, 11) is 0. The molecule has 1 N–H and O–H groups in total. The Balaban J connectivity index is 5.86. The molecule has 0 aromatic heterocycles. The first-order chi connectivity index (χ1) is 18.5. The second kappa shape index (κ2) is 19.1. The van der Waals surface area contributed by atoms with Crippen LogP contribution in [0.15, 0.2) is 63.3 Å². The number of aliphatic hydroxyl groups is 1. The number of esters is 5. The third-order valence-corrected chi connectivity index (χ3v) is 4.76. The Morgan fingerprint density at radius 3 is 1.15 bits per heavy atom. The fourth-order valence-corrected chi connectivity index (χ4v) is 2.55. The lowest BCUT2D eigenvalue weighted by Gasteiger charge is -2.35. The first-order valence-electron chi connectivity index (χ1n) is 11.3. The zero-order valence-corrected chi connectivity index (χ0v) is 21.6. The number of carbonyl (C=O) groups excluding carboxylic acids is 5. The van der Waals surface area contributed by atoms with Crippen LogP contribution in [0.2, 0.25) is 0 Å². The minimum absolute atomic E-state index is 0.312. The lowest BCUT2D eigenvalue weighted by molar-refractivity contribution is -0.170. The van der Waals surface area contributed by atoms with Crippen molar-refractivity contribution < 1.29 is 62.2 Å². The van der Waals surface area contributed by atoms with Crippen molar-refractivity contribution in [3.05, 3.63) is 63.3 Å². The number of carbonyl (C=O) groups is 5. The van der Waals surface area contributed by atoms with Gasteiger partial charge in [-0.2, -0.15) is 0 Å². The van der Waals surface area contributed by atoms with Gasteiger partial charge in [0.2, 0.25) is 0 Å². The highest BCUT2D eigenvalue weighted by atomic mass is 16.7. The van der Waals surface area contributed by atoms with Crippen LogP contribution >= 0.6 is 0 Å². The maximum atomic E-state index is 11.7. The predicted octanol–water partition coefficient (Wildman–Crippen LogP) is 0.588. The lowest BCUT2D eigenvalue weighted by atomic mass is 9.90. The summed E-state index contributed by atoms with van der Waals surface area (Å²) in [6.45, 7) is 12.6. The summed E-state index contributed by atoms with van der Waals surface area (Å²) in [5.41, 5.74) is -2.81. The minimum Gasteiger partial charge on any atom is -0.462 e. The Hall–Kier alpha value is -4.07. The highest BCUT2D eigenvalue weighted by molar-refractivity contribution is 5.82. The van der Waals surface area contributed by atoms with Crippen molar-refractivity contribution in [1.29, 1.82) is 0 Å². The van der Waals surface area contributed by atoms with E-state index in [0.717, 1.165) is 30.4 Å². The molecule has 0 aliphatic carbocycles. The van der Waals surface area contributed by atoms with Gasteiger partial charge in [-0.15, -0.1) is 0 Å². The largest absolute Gasteiger partial charge is 0.462 e. The molecule has 13 heteroatoms. The second-order valence-corrected chi connectivity index (χ2v) is 8.03. The summed E-state index contributed by atoms with van der Waals surface area (Å²) in [5.74, 6) is -3.97. The van der Waals surface area contributed by atoms with Gasteiger partial charge in [-0.05, 0) is 0 Å². The second-order valence-electron chi connectivity index (χ2n) is 8.03. The van der Waals surface area contributed by atoms with Crippen molar-refractivity contribution in [2.45, 2.75) is 0 Å². The molecule has 0 rings (SSSR count). The van der Waals surface area contributed by atoms with Crippen molar-refractivity contribution in [2.24, 2.45) is 10.8 Å². The highest BCUT2D eigenvalue weighted by Crippen LogP contribution is 2.25. The molecule has 0 radical (unpaired) electrons. The molecule has 13 nitrogen and oxygen atoms in total. The Morgan fingerprint density at radius 2 is 0.795 bits per heavy atom. The molecule has 1 atom stereocenters. The van der Waals surface area contributed by atoms with Crippen molar-refractivity contribution in [1.82, 2.24) is 0 Å². The summed E-state index contributed by atoms with van der Waals surface area (Å²) < 4.78 is 36.3. The van der Waals surface area contributed by atoms with Gasteiger partial charge in [0, 0.05) is 30.4 Å². The molecular weight excluding hydrogens is 520 g/mol. The minimum atomic E-state index is -1.44. The summed E-state index contributed by atoms with van der Waals surface area (Å²) in [4.78, 5) is 58.1. The first kappa shape index (κ1) is 34.9. The van der Waals surface area contributed by atoms with Crippen LogP contribution in [-0.2, 0) is 57.1 Å². The summed E-state index contributed by atoms with van der Waals surface area (Å²) in [6, 6.07) is 0. The van der Waals surface area contributed by atoms with Gasteiger partial charge in [0.15, 0.2) is 6.79 Å². The van der Waals surface area contributed by atoms with E-state index in [9.17, 15) is 29.1 Å². The van der Waals surface area contributed by atoms with Gasteiger partial charge in [-0.3, -0.25) is 0 Å². The number of hydrogen-bond donors (Lipinski definition) is 1. The zero-order chi connectivity index (χ0) is 29.7. The Labute approximate surface area is 226 Å². The molecule has 1 unspecified atom stereocenters. The number of ether oxygens (including phenoxy) is 7. The molecule has 0 saturated heterocycles. The monoisotopic (exact) mass is 554 g/mol. The van der Waals surface area contributed by atoms with Gasteiger partial charge in [0.25, 0.3) is 0 Å². The molecule has 39 heavy (non-hydrogen) atoms. The Morgan fingerprint density at radius 1 is 0.487 bits per heavy atom. The normalized spacial score (nSPS) is 12.0. The molecule has 0 amide bonds. The van der Waals surface area contributed by atoms with Gasteiger partial charge in [0.05, 0.1) is 37.3 Å². The third kappa shape index (κ3) is 14.4. The van der Waals surface area contributed by atoms with E-state index in [-0.39, 0.29) is 19.8 Å². The van der Waals surface area contributed by atoms with Gasteiger partial charge >= 0.3 is 29.8 Å². The molecule has 0 bridgehead atoms. The van der Waals surface area contributed by atoms with Crippen molar-refractivity contribution in [3.63, 3.8) is 0 Å². The molecule has 0 aliphatic heterocycles. The molecule has 0 spiro atoms. The topological polar surface area (TPSA) is 170 Å². The molecule has 0 saturated carbocycles. The van der Waals surface area contributed by atoms with E-state index in [0.29, 0.717) is 0 Å². The molecule has 216 valence electrons. The van der Waals surface area contributed by atoms with Crippen molar-refractivity contribution >= 4 is 29.8 Å². The van der Waals surface area contributed by atoms with Gasteiger partial charge < -0.3 is 38.3 Å². The van der Waals surface area contributed by atoms with Crippen LogP contribution in [0.4, 0.5) is 0 Å². The SMILES string of the molecule is C=CC(=O)OCOCC(CO)(COCC(COC(=O)C=C)(COC(=O)C=C)COC(=O)C=C)COC(=O)C=C. The number of rotatable bonds is 22. The van der Waals surface area contributed by atoms with Crippen molar-refractivity contribution in [2.75, 3.05) is 59.6 Å². The van der Waals surface area contributed by atoms with E-state index in [1.807, 2.05) is 0 Å². The van der Waals surface area contributed by atoms with Crippen LogP contribution in [0, 0.1) is 10.8 Å². The average Bonchev–Trinajstić information content (AvgIpc) is 2.96. The van der Waals surface area contributed by atoms with E-state index in [1.165, 1.54) is 0 Å². The van der Waals surface area contributed by atoms with Gasteiger partial charge in [-0.1, -0.05) is 32.9 Å². The third-order valence-electron chi connectivity index (χ3n) is 4.76. The van der Waals surface area contributed by atoms with Crippen LogP contribution in [-0.4, -0.2) is 94.6 Å². The molecular formula is C26H34O13. The van der Waals surface area contributed by atoms with E-state index in [1.54, 1.807) is 0 Å². The van der Waals surface area contributed by atoms with E-state index < -0.39 is 80.5 Å². The average molecular weight is 555 g/mol. The fourth-order valence-electron chi connectivity index (χ4n) is 2.55. The first-order valence-corrected chi connectivity index (χ1v) is 11.3. The smallest absolute Gasteiger partial charge is 0.332 e. The van der Waals surface area contributed by atoms with Crippen molar-refractivity contribution in [3.8, 4) is 0 Å². The predicted molar refractivity (Wildman–Crippen MR) is 135 cm³/mol. The van der Waals surface area contributed by atoms with Crippen LogP contribution in [0.5, 0.6) is 0 Å². The molecule has 0 fully saturated rings. The molecule has 0 aliphatic rings. The Kier molecular flexibility index (Phi) is 17.1. The summed E-state index contributed by atoms with van der Waals surface area (Å²) >= 11 is 0. The number of aliphatic hydroxyl groups excluding tert-OH is 1. The van der Waals surface area contributed by atoms with Gasteiger partial charge in [0.1, 0.15) is 26.4 Å². The molecule has 0 heterocycles. The molecule has 0 aromatic rings. The highest BCUT2D eigenvalue weighted by Gasteiger charge is 2.39. The van der Waals surface area contributed by atoms with Gasteiger partial charge in [-0.25, -0.2) is 24.0 Å². The van der Waals surface area contributed by atoms with E-state index in [4.69, 9.17) is 33.2 Å². The van der Waals surface area contributed by atoms with E-state index in [2.05, 4.69) is 32.9 Å². The number of hydrogen-bond acceptors (Lipinski definition) is 13. The standard InChI is InChI=1S/C26H34O13/c1-6-20(28)35-15-25(11-27,13-34-19-39-24(32)10-5)12-33-14-26(16-36-21(29)7-2,17-37-22(30)8-3)18-38-23(31)9-4/h6-10,27H,1-5,11-19H2. The quantitative estimate of drug-likeness (QED) is 0.0649. The Bertz CT molecular complexity index is 848. The zero-order valence-electron chi connectivity index (χ0n) is 21.6. The molecule has 0 aromatic carbocycles. The van der Waals surface area contributed by atoms with Crippen LogP contribution in [0.1, 0.15) is 0 Å². The van der Waals surface area contributed by atoms with E-state index >= 15 is 0 Å². The lowest BCUT2D eigenvalue weighted by Crippen LogP contribution is -2.46. The summed E-state index contributed by atoms with van der Waals surface area (Å²) in [5, 5.41) is 10.1. The maximum Gasteiger partial charge on any atom is 0.332 e. The summed E-state index contributed by atoms with van der Waals surface area (Å²) in [6.07, 6.45) is 4.54.